The van der Waals surface area contributed by atoms with Crippen molar-refractivity contribution in [2.24, 2.45) is 0 Å². The van der Waals surface area contributed by atoms with Gasteiger partial charge in [0.2, 0.25) is 0 Å². The first-order valence-electron chi connectivity index (χ1n) is 11.7. The summed E-state index contributed by atoms with van der Waals surface area (Å²) in [4.78, 5) is 30.8. The molecule has 2 heterocycles. The van der Waals surface area contributed by atoms with E-state index in [1.165, 1.54) is 11.3 Å². The van der Waals surface area contributed by atoms with E-state index in [1.807, 2.05) is 36.6 Å². The van der Waals surface area contributed by atoms with E-state index in [0.717, 1.165) is 42.1 Å². The average Bonchev–Trinajstić information content (AvgIpc) is 3.43. The number of ketones is 1. The molecule has 1 N–H and O–H groups in total. The molecule has 1 aromatic heterocycles. The van der Waals surface area contributed by atoms with Gasteiger partial charge >= 0.3 is 0 Å². The first kappa shape index (κ1) is 25.0. The monoisotopic (exact) mass is 470 g/mol. The van der Waals surface area contributed by atoms with Crippen molar-refractivity contribution >= 4 is 28.8 Å². The molecule has 7 heteroatoms. The van der Waals surface area contributed by atoms with Crippen molar-refractivity contribution in [3.63, 3.8) is 0 Å². The fraction of sp³-hybridized carbons (Fsp3) is 0.462. The number of rotatable bonds is 11. The molecular formula is C26H34N2O4S. The predicted molar refractivity (Wildman–Crippen MR) is 133 cm³/mol. The second-order valence-electron chi connectivity index (χ2n) is 8.22. The van der Waals surface area contributed by atoms with Crippen molar-refractivity contribution in [2.75, 3.05) is 32.8 Å². The molecule has 1 amide bonds. The van der Waals surface area contributed by atoms with Gasteiger partial charge in [-0.15, -0.1) is 11.3 Å². The molecule has 178 valence electrons. The number of nitrogens with zero attached hydrogens (tertiary/aromatic N) is 2. The Kier molecular flexibility index (Phi) is 8.69. The number of hydrogen-bond donors (Lipinski definition) is 1. The summed E-state index contributed by atoms with van der Waals surface area (Å²) in [5.74, 6) is -0.570. The number of benzene rings is 1. The smallest absolute Gasteiger partial charge is 0.295 e. The Morgan fingerprint density at radius 3 is 2.55 bits per heavy atom. The van der Waals surface area contributed by atoms with Gasteiger partial charge in [-0.25, -0.2) is 0 Å². The van der Waals surface area contributed by atoms with Crippen LogP contribution in [0.3, 0.4) is 0 Å². The number of aryl methyl sites for hydroxylation is 1. The van der Waals surface area contributed by atoms with Crippen molar-refractivity contribution in [3.05, 3.63) is 57.3 Å². The molecule has 0 aliphatic carbocycles. The number of aliphatic hydroxyl groups excluding tert-OH is 1. The number of aliphatic hydroxyl groups is 1. The highest BCUT2D eigenvalue weighted by atomic mass is 32.1. The summed E-state index contributed by atoms with van der Waals surface area (Å²) in [6.45, 7) is 11.7. The molecule has 33 heavy (non-hydrogen) atoms. The van der Waals surface area contributed by atoms with Crippen molar-refractivity contribution in [1.29, 1.82) is 0 Å². The minimum Gasteiger partial charge on any atom is -0.507 e. The van der Waals surface area contributed by atoms with Crippen LogP contribution in [0.2, 0.25) is 0 Å². The number of carbonyl (C=O) groups is 2. The highest BCUT2D eigenvalue weighted by Gasteiger charge is 2.46. The zero-order valence-corrected chi connectivity index (χ0v) is 20.8. The van der Waals surface area contributed by atoms with Crippen molar-refractivity contribution in [1.82, 2.24) is 9.80 Å². The Balaban J connectivity index is 1.97. The number of ether oxygens (including phenoxy) is 1. The van der Waals surface area contributed by atoms with Gasteiger partial charge in [0.25, 0.3) is 11.7 Å². The van der Waals surface area contributed by atoms with Gasteiger partial charge in [-0.2, -0.15) is 0 Å². The summed E-state index contributed by atoms with van der Waals surface area (Å²) in [7, 11) is 0. The summed E-state index contributed by atoms with van der Waals surface area (Å²) in [5.41, 5.74) is 1.54. The largest absolute Gasteiger partial charge is 0.507 e. The van der Waals surface area contributed by atoms with E-state index in [4.69, 9.17) is 4.74 Å². The van der Waals surface area contributed by atoms with Crippen LogP contribution in [0, 0.1) is 6.92 Å². The lowest BCUT2D eigenvalue weighted by molar-refractivity contribution is -0.140. The molecule has 1 aliphatic heterocycles. The molecule has 1 unspecified atom stereocenters. The van der Waals surface area contributed by atoms with Gasteiger partial charge in [0, 0.05) is 23.5 Å². The van der Waals surface area contributed by atoms with Crippen LogP contribution in [0.25, 0.3) is 5.76 Å². The molecule has 1 saturated heterocycles. The lowest BCUT2D eigenvalue weighted by Gasteiger charge is -2.27. The molecule has 0 saturated carbocycles. The van der Waals surface area contributed by atoms with Crippen LogP contribution in [-0.2, 0) is 9.59 Å². The standard InChI is InChI=1S/C26H34N2O4S/c1-5-8-15-32-20-12-11-19(17-18(20)4)24(29)22-23(21-10-9-16-33-21)28(26(31)25(22)30)14-13-27(6-2)7-3/h9-12,16-17,23,29H,5-8,13-15H2,1-4H3/b24-22-. The molecule has 1 fully saturated rings. The number of hydrogen-bond acceptors (Lipinski definition) is 6. The zero-order valence-electron chi connectivity index (χ0n) is 20.0. The van der Waals surface area contributed by atoms with Crippen LogP contribution in [0.5, 0.6) is 5.75 Å². The molecule has 1 atom stereocenters. The zero-order chi connectivity index (χ0) is 24.0. The molecule has 2 aromatic rings. The number of likely N-dealkylation sites (N-methyl/N-ethyl adjacent to an activating group) is 1. The number of carbonyl (C=O) groups excluding carboxylic acids is 2. The molecule has 0 radical (unpaired) electrons. The fourth-order valence-corrected chi connectivity index (χ4v) is 4.93. The van der Waals surface area contributed by atoms with Crippen LogP contribution >= 0.6 is 11.3 Å². The van der Waals surface area contributed by atoms with Crippen LogP contribution < -0.4 is 4.74 Å². The maximum absolute atomic E-state index is 13.1. The molecule has 0 spiro atoms. The third-order valence-corrected chi connectivity index (χ3v) is 7.03. The van der Waals surface area contributed by atoms with Gasteiger partial charge in [-0.05, 0) is 61.6 Å². The number of likely N-dealkylation sites (tertiary alicyclic amines) is 1. The average molecular weight is 471 g/mol. The molecule has 6 nitrogen and oxygen atoms in total. The third kappa shape index (κ3) is 5.47. The Morgan fingerprint density at radius 1 is 1.18 bits per heavy atom. The second-order valence-corrected chi connectivity index (χ2v) is 9.20. The van der Waals surface area contributed by atoms with Crippen LogP contribution in [0.4, 0.5) is 0 Å². The molecule has 0 bridgehead atoms. The van der Waals surface area contributed by atoms with E-state index < -0.39 is 17.7 Å². The van der Waals surface area contributed by atoms with Gasteiger partial charge in [-0.1, -0.05) is 33.3 Å². The third-order valence-electron chi connectivity index (χ3n) is 6.11. The molecule has 1 aromatic carbocycles. The number of amides is 1. The minimum atomic E-state index is -0.633. The Morgan fingerprint density at radius 2 is 1.94 bits per heavy atom. The minimum absolute atomic E-state index is 0.139. The Hall–Kier alpha value is -2.64. The van der Waals surface area contributed by atoms with Gasteiger partial charge in [-0.3, -0.25) is 9.59 Å². The fourth-order valence-electron chi connectivity index (χ4n) is 4.08. The molecule has 3 rings (SSSR count). The summed E-state index contributed by atoms with van der Waals surface area (Å²) >= 11 is 1.48. The first-order valence-corrected chi connectivity index (χ1v) is 12.6. The number of thiophene rings is 1. The SMILES string of the molecule is CCCCOc1ccc(/C(O)=C2/C(=O)C(=O)N(CCN(CC)CC)C2c2cccs2)cc1C. The molecule has 1 aliphatic rings. The first-order chi connectivity index (χ1) is 15.9. The Labute approximate surface area is 200 Å². The van der Waals surface area contributed by atoms with Gasteiger partial charge < -0.3 is 19.6 Å². The number of Topliss-reactive ketones (excluding diaryl/α,β-unsaturated/α-hetero) is 1. The van der Waals surface area contributed by atoms with Crippen molar-refractivity contribution in [3.8, 4) is 5.75 Å². The lowest BCUT2D eigenvalue weighted by atomic mass is 9.98. The summed E-state index contributed by atoms with van der Waals surface area (Å²) < 4.78 is 5.82. The second kappa shape index (κ2) is 11.5. The maximum Gasteiger partial charge on any atom is 0.295 e. The number of unbranched alkanes of at least 4 members (excludes halogenated alkanes) is 1. The summed E-state index contributed by atoms with van der Waals surface area (Å²) in [5, 5.41) is 13.2. The van der Waals surface area contributed by atoms with Crippen molar-refractivity contribution < 1.29 is 19.4 Å². The Bertz CT molecular complexity index is 996. The van der Waals surface area contributed by atoms with Crippen LogP contribution in [0.1, 0.15) is 55.7 Å². The quantitative estimate of drug-likeness (QED) is 0.217. The van der Waals surface area contributed by atoms with Crippen LogP contribution in [-0.4, -0.2) is 59.4 Å². The van der Waals surface area contributed by atoms with Crippen molar-refractivity contribution in [2.45, 2.75) is 46.6 Å². The van der Waals surface area contributed by atoms with Gasteiger partial charge in [0.1, 0.15) is 11.5 Å². The maximum atomic E-state index is 13.1. The van der Waals surface area contributed by atoms with Gasteiger partial charge in [0.15, 0.2) is 0 Å². The topological polar surface area (TPSA) is 70.1 Å². The normalized spacial score (nSPS) is 17.8. The van der Waals surface area contributed by atoms with E-state index >= 15 is 0 Å². The van der Waals surface area contributed by atoms with E-state index in [9.17, 15) is 14.7 Å². The highest BCUT2D eigenvalue weighted by Crippen LogP contribution is 2.41. The van der Waals surface area contributed by atoms with Crippen LogP contribution in [0.15, 0.2) is 41.3 Å². The van der Waals surface area contributed by atoms with E-state index in [2.05, 4.69) is 25.7 Å². The summed E-state index contributed by atoms with van der Waals surface area (Å²) in [6.07, 6.45) is 2.02. The predicted octanol–water partition coefficient (Wildman–Crippen LogP) is 5.00. The lowest BCUT2D eigenvalue weighted by Crippen LogP contribution is -2.37. The van der Waals surface area contributed by atoms with E-state index in [0.29, 0.717) is 25.3 Å². The van der Waals surface area contributed by atoms with E-state index in [1.54, 1.807) is 11.0 Å². The molecular weight excluding hydrogens is 436 g/mol. The van der Waals surface area contributed by atoms with E-state index in [-0.39, 0.29) is 11.3 Å². The highest BCUT2D eigenvalue weighted by molar-refractivity contribution is 7.10. The van der Waals surface area contributed by atoms with Gasteiger partial charge in [0.05, 0.1) is 18.2 Å². The summed E-state index contributed by atoms with van der Waals surface area (Å²) in [6, 6.07) is 8.60.